The van der Waals surface area contributed by atoms with Crippen LogP contribution in [-0.2, 0) is 100 Å². The molecule has 28 heteroatoms. The first-order valence-corrected chi connectivity index (χ1v) is 39.3. The smallest absolute Gasteiger partial charge is 0.407 e. The fourth-order valence-corrected chi connectivity index (χ4v) is 11.4. The second-order valence-corrected chi connectivity index (χ2v) is 26.8. The van der Waals surface area contributed by atoms with Crippen LogP contribution < -0.4 is 22.1 Å². The maximum Gasteiger partial charge on any atom is 0.407 e. The number of ether oxygens (including phenoxy) is 14. The Morgan fingerprint density at radius 1 is 0.394 bits per heavy atom. The van der Waals surface area contributed by atoms with E-state index in [2.05, 4.69) is 24.5 Å². The number of aliphatic hydroxyl groups is 1. The summed E-state index contributed by atoms with van der Waals surface area (Å²) >= 11 is 0. The fraction of sp³-hybridized carbons (Fsp3) is 0.915. The lowest BCUT2D eigenvalue weighted by Crippen LogP contribution is -2.52. The first-order valence-electron chi connectivity index (χ1n) is 37.5. The Kier molecular flexibility index (Phi) is 71.4. The van der Waals surface area contributed by atoms with Gasteiger partial charge in [0.05, 0.1) is 176 Å². The van der Waals surface area contributed by atoms with Gasteiger partial charge in [-0.2, -0.15) is 0 Å². The SMILES string of the molecule is CCCCCCCCCCCCCCCC(=O)O[C@H](COC(=O)NCCCCCCCCCCCCCC)CS(=O)(=O)C[C@H](N)C(=O)N[C@@H](CO)C(=O)CCCOCCOCCOCCOCCOCCOCCOCCOCCOCCOCCOCCOCCC(=O)CCC(N)=O. The monoisotopic (exact) mass is 1440 g/mol. The summed E-state index contributed by atoms with van der Waals surface area (Å²) in [7, 11) is -4.20. The molecule has 0 bridgehead atoms. The Morgan fingerprint density at radius 2 is 0.737 bits per heavy atom. The van der Waals surface area contributed by atoms with E-state index >= 15 is 0 Å². The minimum absolute atomic E-state index is 0.0410. The Morgan fingerprint density at radius 3 is 1.10 bits per heavy atom. The molecule has 0 saturated heterocycles. The van der Waals surface area contributed by atoms with Crippen molar-refractivity contribution in [2.75, 3.05) is 190 Å². The summed E-state index contributed by atoms with van der Waals surface area (Å²) in [6, 6.07) is -2.95. The highest BCUT2D eigenvalue weighted by atomic mass is 32.2. The predicted octanol–water partition coefficient (Wildman–Crippen LogP) is 7.80. The molecule has 99 heavy (non-hydrogen) atoms. The van der Waals surface area contributed by atoms with E-state index in [1.807, 2.05) is 0 Å². The molecule has 0 aromatic rings. The zero-order chi connectivity index (χ0) is 72.4. The lowest BCUT2D eigenvalue weighted by atomic mass is 10.0. The van der Waals surface area contributed by atoms with E-state index < -0.39 is 82.4 Å². The van der Waals surface area contributed by atoms with Crippen molar-refractivity contribution in [2.45, 2.75) is 231 Å². The molecule has 0 radical (unpaired) electrons. The number of aliphatic hydroxyl groups excluding tert-OH is 1. The van der Waals surface area contributed by atoms with E-state index in [4.69, 9.17) is 77.8 Å². The van der Waals surface area contributed by atoms with Crippen molar-refractivity contribution >= 4 is 45.3 Å². The number of rotatable bonds is 81. The van der Waals surface area contributed by atoms with Crippen LogP contribution in [0.5, 0.6) is 0 Å². The molecule has 3 amide bonds. The molecule has 0 heterocycles. The Bertz CT molecular complexity index is 1990. The number of nitrogens with one attached hydrogen (secondary N) is 2. The van der Waals surface area contributed by atoms with Crippen molar-refractivity contribution in [3.05, 3.63) is 0 Å². The molecule has 584 valence electrons. The molecule has 0 fully saturated rings. The van der Waals surface area contributed by atoms with Gasteiger partial charge < -0.3 is 93.5 Å². The average Bonchev–Trinajstić information content (AvgIpc) is 0.894. The number of Topliss-reactive ketones (excluding diaryl/α,β-unsaturated/α-hetero) is 2. The highest BCUT2D eigenvalue weighted by molar-refractivity contribution is 7.91. The molecule has 7 N–H and O–H groups in total. The molecule has 0 rings (SSSR count). The average molecular weight is 1450 g/mol. The maximum atomic E-state index is 13.5. The van der Waals surface area contributed by atoms with Gasteiger partial charge in [0.15, 0.2) is 15.6 Å². The largest absolute Gasteiger partial charge is 0.458 e. The van der Waals surface area contributed by atoms with Crippen LogP contribution in [0.1, 0.15) is 213 Å². The van der Waals surface area contributed by atoms with Crippen LogP contribution >= 0.6 is 0 Å². The van der Waals surface area contributed by atoms with Crippen molar-refractivity contribution < 1.29 is 109 Å². The van der Waals surface area contributed by atoms with E-state index in [1.165, 1.54) is 103 Å². The number of esters is 1. The number of carbonyl (C=O) groups is 6. The maximum absolute atomic E-state index is 13.5. The minimum atomic E-state index is -4.20. The first kappa shape index (κ1) is 95.4. The van der Waals surface area contributed by atoms with Gasteiger partial charge in [-0.3, -0.25) is 24.0 Å². The van der Waals surface area contributed by atoms with Crippen molar-refractivity contribution in [2.24, 2.45) is 11.5 Å². The van der Waals surface area contributed by atoms with Gasteiger partial charge in [-0.1, -0.05) is 162 Å². The predicted molar refractivity (Wildman–Crippen MR) is 378 cm³/mol. The highest BCUT2D eigenvalue weighted by Crippen LogP contribution is 2.15. The molecule has 0 aliphatic rings. The zero-order valence-corrected chi connectivity index (χ0v) is 62.0. The van der Waals surface area contributed by atoms with Crippen molar-refractivity contribution in [3.63, 3.8) is 0 Å². The molecule has 0 aliphatic heterocycles. The Balaban J connectivity index is 4.18. The lowest BCUT2D eigenvalue weighted by Gasteiger charge is -2.21. The number of alkyl carbamates (subject to hydrolysis) is 1. The summed E-state index contributed by atoms with van der Waals surface area (Å²) in [5.41, 5.74) is 11.1. The summed E-state index contributed by atoms with van der Waals surface area (Å²) in [6.07, 6.45) is 27.6. The van der Waals surface area contributed by atoms with Gasteiger partial charge in [0.1, 0.15) is 24.5 Å². The van der Waals surface area contributed by atoms with Crippen LogP contribution in [0.25, 0.3) is 0 Å². The third-order valence-corrected chi connectivity index (χ3v) is 17.3. The van der Waals surface area contributed by atoms with Gasteiger partial charge in [0.25, 0.3) is 0 Å². The number of carbonyl (C=O) groups excluding carboxylic acids is 6. The van der Waals surface area contributed by atoms with Gasteiger partial charge in [-0.15, -0.1) is 0 Å². The summed E-state index contributed by atoms with van der Waals surface area (Å²) in [6.45, 7) is 12.9. The molecule has 0 saturated carbocycles. The van der Waals surface area contributed by atoms with E-state index in [0.717, 1.165) is 51.4 Å². The number of hydrogen-bond acceptors (Lipinski definition) is 24. The van der Waals surface area contributed by atoms with Gasteiger partial charge in [0.2, 0.25) is 11.8 Å². The van der Waals surface area contributed by atoms with E-state index in [9.17, 15) is 42.3 Å². The standard InChI is InChI=1S/C71H136N4O23S/c1-3-5-7-9-11-13-15-17-18-20-22-24-26-30-69(80)98-64(60-97-71(82)74-34-27-25-23-21-19-16-14-12-10-8-6-4-2)61-99(83,84)62-65(72)70(81)75-66(59-76)67(78)29-28-35-85-37-39-87-41-43-89-45-47-91-49-51-93-53-55-95-57-58-96-56-54-94-52-50-92-48-46-90-44-42-88-40-38-86-36-33-63(77)31-32-68(73)79/h64-66,76H,3-62,72H2,1-2H3,(H2,73,79)(H,74,82)(H,75,81)/t64-,65+,66+/m1/s1. The Hall–Kier alpha value is -3.59. The number of amides is 3. The Labute approximate surface area is 594 Å². The highest BCUT2D eigenvalue weighted by Gasteiger charge is 2.30. The topological polar surface area (TPSA) is 362 Å². The number of primary amides is 1. The molecular weight excluding hydrogens is 1310 g/mol. The van der Waals surface area contributed by atoms with Gasteiger partial charge in [-0.25, -0.2) is 13.2 Å². The second kappa shape index (κ2) is 74.1. The number of sulfone groups is 1. The molecule has 27 nitrogen and oxygen atoms in total. The van der Waals surface area contributed by atoms with Crippen LogP contribution in [0.15, 0.2) is 0 Å². The summed E-state index contributed by atoms with van der Waals surface area (Å²) in [5, 5.41) is 15.0. The quantitative estimate of drug-likeness (QED) is 0.0286. The van der Waals surface area contributed by atoms with Crippen LogP contribution in [0, 0.1) is 0 Å². The lowest BCUT2D eigenvalue weighted by molar-refractivity contribution is -0.150. The number of nitrogens with two attached hydrogens (primary N) is 2. The van der Waals surface area contributed by atoms with Gasteiger partial charge in [-0.05, 0) is 19.3 Å². The molecular formula is C71H136N4O23S. The molecule has 0 aromatic carbocycles. The molecule has 3 atom stereocenters. The number of unbranched alkanes of at least 4 members (excludes halogenated alkanes) is 23. The zero-order valence-electron chi connectivity index (χ0n) is 61.2. The molecule has 0 unspecified atom stereocenters. The first-order chi connectivity index (χ1) is 48.2. The van der Waals surface area contributed by atoms with Crippen LogP contribution in [0.4, 0.5) is 4.79 Å². The van der Waals surface area contributed by atoms with Crippen molar-refractivity contribution in [1.82, 2.24) is 10.6 Å². The third-order valence-electron chi connectivity index (χ3n) is 15.6. The van der Waals surface area contributed by atoms with Gasteiger partial charge >= 0.3 is 12.1 Å². The van der Waals surface area contributed by atoms with Crippen LogP contribution in [0.2, 0.25) is 0 Å². The van der Waals surface area contributed by atoms with E-state index in [1.54, 1.807) is 0 Å². The van der Waals surface area contributed by atoms with Crippen LogP contribution in [0.3, 0.4) is 0 Å². The third kappa shape index (κ3) is 71.2. The number of hydrogen-bond donors (Lipinski definition) is 5. The van der Waals surface area contributed by atoms with E-state index in [0.29, 0.717) is 152 Å². The van der Waals surface area contributed by atoms with Crippen molar-refractivity contribution in [3.8, 4) is 0 Å². The van der Waals surface area contributed by atoms with E-state index in [-0.39, 0.29) is 64.1 Å². The van der Waals surface area contributed by atoms with Crippen LogP contribution in [-0.4, -0.2) is 257 Å². The van der Waals surface area contributed by atoms with Gasteiger partial charge in [0, 0.05) is 45.3 Å². The molecule has 0 spiro atoms. The normalized spacial score (nSPS) is 12.6. The number of ketones is 2. The molecule has 0 aromatic heterocycles. The van der Waals surface area contributed by atoms with Crippen molar-refractivity contribution in [1.29, 1.82) is 0 Å². The summed E-state index contributed by atoms with van der Waals surface area (Å²) < 4.78 is 104. The fourth-order valence-electron chi connectivity index (χ4n) is 9.85. The second-order valence-electron chi connectivity index (χ2n) is 24.6. The summed E-state index contributed by atoms with van der Waals surface area (Å²) in [5.74, 6) is -4.23. The summed E-state index contributed by atoms with van der Waals surface area (Å²) in [4.78, 5) is 73.9. The minimum Gasteiger partial charge on any atom is -0.458 e. The molecule has 0 aliphatic carbocycles.